The van der Waals surface area contributed by atoms with Crippen molar-refractivity contribution in [3.63, 3.8) is 0 Å². The van der Waals surface area contributed by atoms with E-state index in [0.717, 1.165) is 31.9 Å². The molecule has 24 heavy (non-hydrogen) atoms. The number of rotatable bonds is 7. The van der Waals surface area contributed by atoms with Crippen molar-refractivity contribution >= 4 is 15.7 Å². The van der Waals surface area contributed by atoms with E-state index in [4.69, 9.17) is 0 Å². The highest BCUT2D eigenvalue weighted by molar-refractivity contribution is 7.90. The highest BCUT2D eigenvalue weighted by Crippen LogP contribution is 2.24. The van der Waals surface area contributed by atoms with E-state index in [-0.39, 0.29) is 30.1 Å². The molecule has 0 radical (unpaired) electrons. The van der Waals surface area contributed by atoms with Crippen LogP contribution in [0.4, 0.5) is 0 Å². The number of aryl methyl sites for hydroxylation is 1. The van der Waals surface area contributed by atoms with Crippen LogP contribution in [-0.4, -0.2) is 55.5 Å². The molecule has 5 nitrogen and oxygen atoms in total. The lowest BCUT2D eigenvalue weighted by Gasteiger charge is -2.34. The second-order valence-electron chi connectivity index (χ2n) is 6.69. The van der Waals surface area contributed by atoms with Crippen LogP contribution in [0.25, 0.3) is 0 Å². The van der Waals surface area contributed by atoms with Gasteiger partial charge in [0.25, 0.3) is 0 Å². The first-order chi connectivity index (χ1) is 11.3. The van der Waals surface area contributed by atoms with Gasteiger partial charge in [-0.15, -0.1) is 0 Å². The van der Waals surface area contributed by atoms with Gasteiger partial charge in [0, 0.05) is 25.8 Å². The van der Waals surface area contributed by atoms with Crippen molar-refractivity contribution in [1.29, 1.82) is 0 Å². The monoisotopic (exact) mass is 353 g/mol. The number of nitrogens with zero attached hydrogens (tertiary/aromatic N) is 1. The molecule has 0 aliphatic carbocycles. The fourth-order valence-electron chi connectivity index (χ4n) is 3.16. The van der Waals surface area contributed by atoms with E-state index in [1.165, 1.54) is 5.56 Å². The zero-order chi connectivity index (χ0) is 17.6. The highest BCUT2D eigenvalue weighted by Gasteiger charge is 2.27. The van der Waals surface area contributed by atoms with Crippen LogP contribution in [0.1, 0.15) is 31.2 Å². The summed E-state index contributed by atoms with van der Waals surface area (Å²) in [7, 11) is -3.10. The van der Waals surface area contributed by atoms with Gasteiger partial charge in [0.2, 0.25) is 5.91 Å². The summed E-state index contributed by atoms with van der Waals surface area (Å²) in [5.74, 6) is 0.0242. The normalized spacial score (nSPS) is 17.7. The molecular formula is C18H27NO4S. The van der Waals surface area contributed by atoms with Crippen LogP contribution in [0.15, 0.2) is 30.3 Å². The van der Waals surface area contributed by atoms with Gasteiger partial charge in [0.15, 0.2) is 0 Å². The third-order valence-electron chi connectivity index (χ3n) is 4.69. The summed E-state index contributed by atoms with van der Waals surface area (Å²) in [4.78, 5) is 13.8. The van der Waals surface area contributed by atoms with Crippen LogP contribution >= 0.6 is 0 Å². The first-order valence-corrected chi connectivity index (χ1v) is 10.6. The Bertz CT molecular complexity index is 622. The number of piperidine rings is 1. The van der Waals surface area contributed by atoms with Crippen LogP contribution in [0.3, 0.4) is 0 Å². The molecule has 134 valence electrons. The van der Waals surface area contributed by atoms with Gasteiger partial charge in [-0.05, 0) is 37.2 Å². The van der Waals surface area contributed by atoms with Crippen LogP contribution in [0.2, 0.25) is 0 Å². The molecule has 1 aliphatic rings. The van der Waals surface area contributed by atoms with E-state index < -0.39 is 9.84 Å². The smallest absolute Gasteiger partial charge is 0.223 e. The second-order valence-corrected chi connectivity index (χ2v) is 8.95. The van der Waals surface area contributed by atoms with Gasteiger partial charge >= 0.3 is 0 Å². The van der Waals surface area contributed by atoms with Crippen molar-refractivity contribution in [2.75, 3.05) is 25.1 Å². The van der Waals surface area contributed by atoms with Crippen molar-refractivity contribution in [2.24, 2.45) is 5.92 Å². The summed E-state index contributed by atoms with van der Waals surface area (Å²) in [6, 6.07) is 10.1. The van der Waals surface area contributed by atoms with Crippen LogP contribution in [0, 0.1) is 5.92 Å². The molecule has 1 aromatic rings. The van der Waals surface area contributed by atoms with Gasteiger partial charge < -0.3 is 10.0 Å². The minimum atomic E-state index is -3.10. The molecule has 1 saturated heterocycles. The van der Waals surface area contributed by atoms with Crippen molar-refractivity contribution in [3.8, 4) is 0 Å². The van der Waals surface area contributed by atoms with Crippen molar-refractivity contribution in [1.82, 2.24) is 4.90 Å². The molecule has 1 atom stereocenters. The van der Waals surface area contributed by atoms with Gasteiger partial charge in [0.1, 0.15) is 9.84 Å². The Morgan fingerprint density at radius 1 is 1.25 bits per heavy atom. The van der Waals surface area contributed by atoms with E-state index in [1.807, 2.05) is 18.2 Å². The molecule has 0 saturated carbocycles. The number of benzene rings is 1. The fourth-order valence-corrected chi connectivity index (χ4v) is 3.70. The number of sulfone groups is 1. The van der Waals surface area contributed by atoms with Gasteiger partial charge in [-0.25, -0.2) is 8.42 Å². The summed E-state index contributed by atoms with van der Waals surface area (Å²) < 4.78 is 22.3. The summed E-state index contributed by atoms with van der Waals surface area (Å²) >= 11 is 0. The Balaban J connectivity index is 1.72. The molecule has 1 aromatic carbocycles. The van der Waals surface area contributed by atoms with E-state index in [0.29, 0.717) is 13.1 Å². The maximum absolute atomic E-state index is 12.0. The number of hydrogen-bond donors (Lipinski definition) is 1. The van der Waals surface area contributed by atoms with Crippen molar-refractivity contribution in [3.05, 3.63) is 35.9 Å². The predicted octanol–water partition coefficient (Wildman–Crippen LogP) is 1.65. The molecule has 1 N–H and O–H groups in total. The Labute approximate surface area is 144 Å². The quantitative estimate of drug-likeness (QED) is 0.809. The molecule has 6 heteroatoms. The van der Waals surface area contributed by atoms with Crippen LogP contribution < -0.4 is 0 Å². The minimum Gasteiger partial charge on any atom is -0.393 e. The summed E-state index contributed by atoms with van der Waals surface area (Å²) in [5, 5.41) is 10.4. The molecule has 1 aliphatic heterocycles. The Hall–Kier alpha value is -1.40. The van der Waals surface area contributed by atoms with E-state index in [1.54, 1.807) is 4.90 Å². The number of amides is 1. The van der Waals surface area contributed by atoms with Crippen LogP contribution in [0.5, 0.6) is 0 Å². The Kier molecular flexibility index (Phi) is 6.80. The standard InChI is InChI=1S/C18H27NO4S/c1-24(22,23)14-11-18(21)19-12-9-16(10-13-19)17(20)8-7-15-5-3-2-4-6-15/h2-6,16-17,20H,7-14H2,1H3. The number of carbonyl (C=O) groups excluding carboxylic acids is 1. The largest absolute Gasteiger partial charge is 0.393 e. The van der Waals surface area contributed by atoms with E-state index in [9.17, 15) is 18.3 Å². The average Bonchev–Trinajstić information content (AvgIpc) is 2.58. The molecular weight excluding hydrogens is 326 g/mol. The third kappa shape index (κ3) is 6.24. The van der Waals surface area contributed by atoms with Crippen molar-refractivity contribution < 1.29 is 18.3 Å². The lowest BCUT2D eigenvalue weighted by molar-refractivity contribution is -0.132. The average molecular weight is 353 g/mol. The van der Waals surface area contributed by atoms with Gasteiger partial charge in [0.05, 0.1) is 11.9 Å². The third-order valence-corrected chi connectivity index (χ3v) is 5.64. The molecule has 1 unspecified atom stereocenters. The molecule has 1 amide bonds. The maximum atomic E-state index is 12.0. The summed E-state index contributed by atoms with van der Waals surface area (Å²) in [6.07, 6.45) is 4.00. The number of aliphatic hydroxyl groups is 1. The maximum Gasteiger partial charge on any atom is 0.223 e. The molecule has 0 spiro atoms. The highest BCUT2D eigenvalue weighted by atomic mass is 32.2. The summed E-state index contributed by atoms with van der Waals surface area (Å²) in [5.41, 5.74) is 1.23. The minimum absolute atomic E-state index is 0.0556. The summed E-state index contributed by atoms with van der Waals surface area (Å²) in [6.45, 7) is 1.21. The first kappa shape index (κ1) is 18.9. The molecule has 0 bridgehead atoms. The topological polar surface area (TPSA) is 74.7 Å². The second kappa shape index (κ2) is 8.62. The first-order valence-electron chi connectivity index (χ1n) is 8.52. The number of hydrogen-bond acceptors (Lipinski definition) is 4. The lowest BCUT2D eigenvalue weighted by atomic mass is 9.88. The molecule has 0 aromatic heterocycles. The number of likely N-dealkylation sites (tertiary alicyclic amines) is 1. The zero-order valence-corrected chi connectivity index (χ0v) is 15.0. The van der Waals surface area contributed by atoms with Gasteiger partial charge in [-0.2, -0.15) is 0 Å². The zero-order valence-electron chi connectivity index (χ0n) is 14.2. The van der Waals surface area contributed by atoms with E-state index in [2.05, 4.69) is 12.1 Å². The van der Waals surface area contributed by atoms with Crippen molar-refractivity contribution in [2.45, 2.75) is 38.2 Å². The number of carbonyl (C=O) groups is 1. The molecule has 2 rings (SSSR count). The van der Waals surface area contributed by atoms with E-state index >= 15 is 0 Å². The Morgan fingerprint density at radius 3 is 2.46 bits per heavy atom. The number of aliphatic hydroxyl groups excluding tert-OH is 1. The van der Waals surface area contributed by atoms with Gasteiger partial charge in [-0.3, -0.25) is 4.79 Å². The van der Waals surface area contributed by atoms with Crippen LogP contribution in [-0.2, 0) is 21.1 Å². The SMILES string of the molecule is CS(=O)(=O)CCC(=O)N1CCC(C(O)CCc2ccccc2)CC1. The predicted molar refractivity (Wildman–Crippen MR) is 94.4 cm³/mol. The van der Waals surface area contributed by atoms with Gasteiger partial charge in [-0.1, -0.05) is 30.3 Å². The lowest BCUT2D eigenvalue weighted by Crippen LogP contribution is -2.41. The molecule has 1 heterocycles. The Morgan fingerprint density at radius 2 is 1.88 bits per heavy atom. The fraction of sp³-hybridized carbons (Fsp3) is 0.611. The molecule has 1 fully saturated rings.